The first-order valence-corrected chi connectivity index (χ1v) is 5.53. The summed E-state index contributed by atoms with van der Waals surface area (Å²) in [5, 5.41) is 9.76. The van der Waals surface area contributed by atoms with E-state index in [1.807, 2.05) is 29.2 Å². The van der Waals surface area contributed by atoms with E-state index in [1.165, 1.54) is 0 Å². The molecule has 4 nitrogen and oxygen atoms in total. The van der Waals surface area contributed by atoms with E-state index in [2.05, 4.69) is 24.2 Å². The second-order valence-corrected chi connectivity index (χ2v) is 3.59. The first-order valence-electron chi connectivity index (χ1n) is 5.53. The van der Waals surface area contributed by atoms with Crippen LogP contribution in [0.2, 0.25) is 0 Å². The molecule has 0 aliphatic heterocycles. The van der Waals surface area contributed by atoms with Crippen LogP contribution < -0.4 is 5.43 Å². The van der Waals surface area contributed by atoms with Gasteiger partial charge in [0.15, 0.2) is 0 Å². The van der Waals surface area contributed by atoms with E-state index in [0.717, 1.165) is 19.6 Å². The van der Waals surface area contributed by atoms with Gasteiger partial charge in [0, 0.05) is 18.9 Å². The summed E-state index contributed by atoms with van der Waals surface area (Å²) in [5.74, 6) is 0. The van der Waals surface area contributed by atoms with Crippen molar-refractivity contribution in [3.63, 3.8) is 0 Å². The smallest absolute Gasteiger partial charge is 0.0855 e. The highest BCUT2D eigenvalue weighted by molar-refractivity contribution is 4.93. The van der Waals surface area contributed by atoms with Crippen LogP contribution in [-0.4, -0.2) is 47.0 Å². The summed E-state index contributed by atoms with van der Waals surface area (Å²) in [5.41, 5.74) is 3.12. The minimum absolute atomic E-state index is 0.327. The molecule has 1 rings (SSSR count). The number of hydrogen-bond acceptors (Lipinski definition) is 3. The average molecular weight is 211 g/mol. The third kappa shape index (κ3) is 4.36. The zero-order valence-corrected chi connectivity index (χ0v) is 9.56. The van der Waals surface area contributed by atoms with Gasteiger partial charge < -0.3 is 15.4 Å². The van der Waals surface area contributed by atoms with Crippen molar-refractivity contribution < 1.29 is 5.11 Å². The summed E-state index contributed by atoms with van der Waals surface area (Å²) in [6.45, 7) is 7.48. The lowest BCUT2D eigenvalue weighted by atomic mass is 10.3. The van der Waals surface area contributed by atoms with Crippen molar-refractivity contribution >= 4 is 0 Å². The number of rotatable bonds is 7. The Bertz CT molecular complexity index is 244. The van der Waals surface area contributed by atoms with Gasteiger partial charge in [-0.1, -0.05) is 13.8 Å². The van der Waals surface area contributed by atoms with Gasteiger partial charge in [0.25, 0.3) is 0 Å². The minimum atomic E-state index is -0.327. The highest BCUT2D eigenvalue weighted by atomic mass is 16.3. The van der Waals surface area contributed by atoms with E-state index < -0.39 is 0 Å². The van der Waals surface area contributed by atoms with E-state index in [1.54, 1.807) is 0 Å². The lowest BCUT2D eigenvalue weighted by molar-refractivity contribution is 0.126. The molecule has 4 heteroatoms. The molecule has 0 spiro atoms. The number of nitrogens with zero attached hydrogens (tertiary/aromatic N) is 2. The second-order valence-electron chi connectivity index (χ2n) is 3.59. The van der Waals surface area contributed by atoms with Crippen LogP contribution in [-0.2, 0) is 0 Å². The van der Waals surface area contributed by atoms with Gasteiger partial charge in [0.05, 0.1) is 12.6 Å². The Balaban J connectivity index is 2.21. The Hall–Kier alpha value is -1.00. The standard InChI is InChI=1S/C11H21N3O/c1-3-13(4-2)10-11(15)9-12-14-7-5-6-8-14/h5-8,11-12,15H,3-4,9-10H2,1-2H3. The van der Waals surface area contributed by atoms with Gasteiger partial charge in [0.2, 0.25) is 0 Å². The highest BCUT2D eigenvalue weighted by Crippen LogP contribution is 1.92. The fourth-order valence-electron chi connectivity index (χ4n) is 1.50. The predicted octanol–water partition coefficient (Wildman–Crippen LogP) is 0.734. The van der Waals surface area contributed by atoms with Gasteiger partial charge in [-0.15, -0.1) is 0 Å². The fraction of sp³-hybridized carbons (Fsp3) is 0.636. The molecule has 0 saturated heterocycles. The Labute approximate surface area is 91.5 Å². The summed E-state index contributed by atoms with van der Waals surface area (Å²) in [7, 11) is 0. The van der Waals surface area contributed by atoms with Crippen LogP contribution in [0, 0.1) is 0 Å². The molecule has 1 aromatic heterocycles. The van der Waals surface area contributed by atoms with Gasteiger partial charge in [-0.3, -0.25) is 4.68 Å². The van der Waals surface area contributed by atoms with Crippen molar-refractivity contribution in [1.82, 2.24) is 9.58 Å². The SMILES string of the molecule is CCN(CC)CC(O)CNn1cccc1. The Kier molecular flexibility index (Phi) is 5.21. The van der Waals surface area contributed by atoms with E-state index in [9.17, 15) is 5.11 Å². The molecule has 1 unspecified atom stereocenters. The molecule has 0 bridgehead atoms. The molecule has 1 heterocycles. The lowest BCUT2D eigenvalue weighted by Gasteiger charge is -2.22. The summed E-state index contributed by atoms with van der Waals surface area (Å²) in [6, 6.07) is 3.90. The molecule has 0 aliphatic carbocycles. The lowest BCUT2D eigenvalue weighted by Crippen LogP contribution is -2.37. The second kappa shape index (κ2) is 6.48. The molecule has 0 saturated carbocycles. The third-order valence-corrected chi connectivity index (χ3v) is 2.48. The molecule has 0 radical (unpaired) electrons. The van der Waals surface area contributed by atoms with Gasteiger partial charge in [-0.25, -0.2) is 0 Å². The van der Waals surface area contributed by atoms with Crippen LogP contribution in [0.3, 0.4) is 0 Å². The summed E-state index contributed by atoms with van der Waals surface area (Å²) < 4.78 is 1.85. The Morgan fingerprint density at radius 1 is 1.27 bits per heavy atom. The maximum absolute atomic E-state index is 9.76. The molecule has 2 N–H and O–H groups in total. The van der Waals surface area contributed by atoms with E-state index in [0.29, 0.717) is 6.54 Å². The topological polar surface area (TPSA) is 40.4 Å². The zero-order chi connectivity index (χ0) is 11.1. The number of hydrogen-bond donors (Lipinski definition) is 2. The van der Waals surface area contributed by atoms with Crippen molar-refractivity contribution in [1.29, 1.82) is 0 Å². The molecular weight excluding hydrogens is 190 g/mol. The van der Waals surface area contributed by atoms with E-state index in [-0.39, 0.29) is 6.10 Å². The quantitative estimate of drug-likeness (QED) is 0.698. The van der Waals surface area contributed by atoms with Gasteiger partial charge in [-0.05, 0) is 25.2 Å². The van der Waals surface area contributed by atoms with Crippen LogP contribution in [0.15, 0.2) is 24.5 Å². The monoisotopic (exact) mass is 211 g/mol. The molecule has 15 heavy (non-hydrogen) atoms. The number of aliphatic hydroxyl groups excluding tert-OH is 1. The predicted molar refractivity (Wildman–Crippen MR) is 62.5 cm³/mol. The molecule has 0 fully saturated rings. The van der Waals surface area contributed by atoms with Crippen LogP contribution >= 0.6 is 0 Å². The molecule has 0 aliphatic rings. The Morgan fingerprint density at radius 3 is 2.40 bits per heavy atom. The van der Waals surface area contributed by atoms with Crippen molar-refractivity contribution in [2.45, 2.75) is 20.0 Å². The average Bonchev–Trinajstić information content (AvgIpc) is 2.75. The molecule has 86 valence electrons. The molecular formula is C11H21N3O. The molecule has 0 aromatic carbocycles. The van der Waals surface area contributed by atoms with Crippen LogP contribution in [0.4, 0.5) is 0 Å². The van der Waals surface area contributed by atoms with Crippen LogP contribution in [0.25, 0.3) is 0 Å². The normalized spacial score (nSPS) is 13.1. The number of aliphatic hydroxyl groups is 1. The van der Waals surface area contributed by atoms with Gasteiger partial charge >= 0.3 is 0 Å². The van der Waals surface area contributed by atoms with Gasteiger partial charge in [-0.2, -0.15) is 0 Å². The summed E-state index contributed by atoms with van der Waals surface area (Å²) in [4.78, 5) is 2.21. The van der Waals surface area contributed by atoms with E-state index >= 15 is 0 Å². The minimum Gasteiger partial charge on any atom is -0.390 e. The first kappa shape index (κ1) is 12.1. The first-order chi connectivity index (χ1) is 7.26. The fourth-order valence-corrected chi connectivity index (χ4v) is 1.50. The highest BCUT2D eigenvalue weighted by Gasteiger charge is 2.07. The van der Waals surface area contributed by atoms with Gasteiger partial charge in [0.1, 0.15) is 0 Å². The largest absolute Gasteiger partial charge is 0.390 e. The number of nitrogens with one attached hydrogen (secondary N) is 1. The van der Waals surface area contributed by atoms with Crippen LogP contribution in [0.5, 0.6) is 0 Å². The number of likely N-dealkylation sites (N-methyl/N-ethyl adjacent to an activating group) is 1. The molecule has 0 amide bonds. The van der Waals surface area contributed by atoms with Crippen molar-refractivity contribution in [2.24, 2.45) is 0 Å². The van der Waals surface area contributed by atoms with Crippen LogP contribution in [0.1, 0.15) is 13.8 Å². The maximum Gasteiger partial charge on any atom is 0.0855 e. The van der Waals surface area contributed by atoms with Crippen molar-refractivity contribution in [2.75, 3.05) is 31.6 Å². The maximum atomic E-state index is 9.76. The van der Waals surface area contributed by atoms with E-state index in [4.69, 9.17) is 0 Å². The summed E-state index contributed by atoms with van der Waals surface area (Å²) in [6.07, 6.45) is 3.51. The van der Waals surface area contributed by atoms with Crippen molar-refractivity contribution in [3.8, 4) is 0 Å². The molecule has 1 aromatic rings. The van der Waals surface area contributed by atoms with Crippen molar-refractivity contribution in [3.05, 3.63) is 24.5 Å². The Morgan fingerprint density at radius 2 is 1.87 bits per heavy atom. The summed E-state index contributed by atoms with van der Waals surface area (Å²) >= 11 is 0. The third-order valence-electron chi connectivity index (χ3n) is 2.48. The molecule has 1 atom stereocenters. The number of aromatic nitrogens is 1. The zero-order valence-electron chi connectivity index (χ0n) is 9.56.